The molecule has 3 atom stereocenters. The zero-order chi connectivity index (χ0) is 14.3. The van der Waals surface area contributed by atoms with Gasteiger partial charge in [0.2, 0.25) is 0 Å². The number of nitrogens with one attached hydrogen (secondary N) is 1. The van der Waals surface area contributed by atoms with E-state index in [2.05, 4.69) is 39.9 Å². The van der Waals surface area contributed by atoms with Gasteiger partial charge in [-0.2, -0.15) is 0 Å². The van der Waals surface area contributed by atoms with Crippen LogP contribution in [0.4, 0.5) is 0 Å². The summed E-state index contributed by atoms with van der Waals surface area (Å²) in [5.41, 5.74) is 1.32. The molecule has 0 aromatic carbocycles. The van der Waals surface area contributed by atoms with Crippen molar-refractivity contribution in [2.75, 3.05) is 20.3 Å². The van der Waals surface area contributed by atoms with Gasteiger partial charge in [0.05, 0.1) is 0 Å². The molecular weight excluding hydrogens is 234 g/mol. The molecule has 2 aliphatic rings. The number of methoxy groups -OCH3 is 1. The Morgan fingerprint density at radius 1 is 1.26 bits per heavy atom. The minimum absolute atomic E-state index is 0.324. The van der Waals surface area contributed by atoms with Gasteiger partial charge in [-0.25, -0.2) is 0 Å². The number of fused-ring (bicyclic) bond motifs is 2. The van der Waals surface area contributed by atoms with E-state index in [1.54, 1.807) is 7.11 Å². The summed E-state index contributed by atoms with van der Waals surface area (Å²) in [4.78, 5) is 0. The van der Waals surface area contributed by atoms with E-state index in [0.29, 0.717) is 22.3 Å². The Labute approximate surface area is 119 Å². The first-order valence-corrected chi connectivity index (χ1v) is 7.94. The lowest BCUT2D eigenvalue weighted by molar-refractivity contribution is 0.0902. The van der Waals surface area contributed by atoms with E-state index >= 15 is 0 Å². The lowest BCUT2D eigenvalue weighted by Crippen LogP contribution is -2.52. The second kappa shape index (κ2) is 5.04. The zero-order valence-corrected chi connectivity index (χ0v) is 13.8. The second-order valence-electron chi connectivity index (χ2n) is 8.64. The van der Waals surface area contributed by atoms with E-state index in [4.69, 9.17) is 4.74 Å². The van der Waals surface area contributed by atoms with Crippen molar-refractivity contribution in [1.82, 2.24) is 5.32 Å². The highest BCUT2D eigenvalue weighted by molar-refractivity contribution is 5.12. The molecule has 0 amide bonds. The van der Waals surface area contributed by atoms with E-state index in [1.165, 1.54) is 19.3 Å². The van der Waals surface area contributed by atoms with Gasteiger partial charge in [0.1, 0.15) is 0 Å². The monoisotopic (exact) mass is 267 g/mol. The number of ether oxygens (including phenoxy) is 1. The molecule has 0 spiro atoms. The van der Waals surface area contributed by atoms with Crippen LogP contribution in [0.1, 0.15) is 60.3 Å². The average Bonchev–Trinajstić information content (AvgIpc) is 2.77. The molecule has 0 radical (unpaired) electrons. The molecule has 2 rings (SSSR count). The zero-order valence-electron chi connectivity index (χ0n) is 13.8. The Bertz CT molecular complexity index is 318. The molecular formula is C17H33NO. The van der Waals surface area contributed by atoms with Gasteiger partial charge in [0, 0.05) is 26.3 Å². The molecule has 1 unspecified atom stereocenters. The third-order valence-electron chi connectivity index (χ3n) is 6.04. The summed E-state index contributed by atoms with van der Waals surface area (Å²) in [6, 6.07) is 0.681. The summed E-state index contributed by atoms with van der Waals surface area (Å²) < 4.78 is 5.23. The van der Waals surface area contributed by atoms with E-state index in [9.17, 15) is 0 Å². The Morgan fingerprint density at radius 3 is 2.47 bits per heavy atom. The minimum Gasteiger partial charge on any atom is -0.385 e. The topological polar surface area (TPSA) is 21.3 Å². The first-order valence-electron chi connectivity index (χ1n) is 7.94. The van der Waals surface area contributed by atoms with Gasteiger partial charge in [-0.15, -0.1) is 0 Å². The van der Waals surface area contributed by atoms with Gasteiger partial charge in [-0.1, -0.05) is 34.6 Å². The first-order chi connectivity index (χ1) is 8.71. The summed E-state index contributed by atoms with van der Waals surface area (Å²) in [7, 11) is 1.80. The summed E-state index contributed by atoms with van der Waals surface area (Å²) in [6.07, 6.45) is 5.41. The minimum atomic E-state index is 0.324. The predicted octanol–water partition coefficient (Wildman–Crippen LogP) is 3.85. The van der Waals surface area contributed by atoms with Crippen molar-refractivity contribution in [1.29, 1.82) is 0 Å². The summed E-state index contributed by atoms with van der Waals surface area (Å²) in [5, 5.41) is 3.94. The second-order valence-corrected chi connectivity index (χ2v) is 8.64. The Hall–Kier alpha value is -0.0800. The van der Waals surface area contributed by atoms with Crippen LogP contribution in [-0.2, 0) is 4.74 Å². The third kappa shape index (κ3) is 2.85. The summed E-state index contributed by atoms with van der Waals surface area (Å²) in [6.45, 7) is 14.1. The van der Waals surface area contributed by atoms with Crippen LogP contribution in [0, 0.1) is 22.2 Å². The van der Waals surface area contributed by atoms with Gasteiger partial charge in [-0.3, -0.25) is 0 Å². The van der Waals surface area contributed by atoms with E-state index in [-0.39, 0.29) is 0 Å². The van der Waals surface area contributed by atoms with Crippen LogP contribution >= 0.6 is 0 Å². The molecule has 2 nitrogen and oxygen atoms in total. The van der Waals surface area contributed by atoms with Crippen LogP contribution in [0.3, 0.4) is 0 Å². The molecule has 112 valence electrons. The van der Waals surface area contributed by atoms with Crippen molar-refractivity contribution in [3.05, 3.63) is 0 Å². The maximum atomic E-state index is 5.23. The van der Waals surface area contributed by atoms with E-state index < -0.39 is 0 Å². The fourth-order valence-electron chi connectivity index (χ4n) is 4.66. The maximum Gasteiger partial charge on any atom is 0.0467 e. The Morgan fingerprint density at radius 2 is 1.95 bits per heavy atom. The molecule has 0 aliphatic heterocycles. The highest BCUT2D eigenvalue weighted by Crippen LogP contribution is 2.62. The van der Waals surface area contributed by atoms with Crippen LogP contribution in [0.25, 0.3) is 0 Å². The maximum absolute atomic E-state index is 5.23. The number of hydrogen-bond acceptors (Lipinski definition) is 2. The molecule has 0 aromatic heterocycles. The van der Waals surface area contributed by atoms with E-state index in [0.717, 1.165) is 25.5 Å². The standard InChI is InChI=1S/C17H33NO/c1-15(2,9-10-19-6)12-18-14-16(3,4)13-7-8-17(14,5)11-13/h13-14,18H,7-12H2,1-6H3/t13-,14?,17+/m0/s1. The molecule has 2 saturated carbocycles. The van der Waals surface area contributed by atoms with Crippen LogP contribution in [0.5, 0.6) is 0 Å². The van der Waals surface area contributed by atoms with Crippen LogP contribution in [0.2, 0.25) is 0 Å². The summed E-state index contributed by atoms with van der Waals surface area (Å²) in [5.74, 6) is 0.928. The van der Waals surface area contributed by atoms with Crippen LogP contribution in [0.15, 0.2) is 0 Å². The first kappa shape index (κ1) is 15.3. The van der Waals surface area contributed by atoms with Gasteiger partial charge in [-0.05, 0) is 47.8 Å². The fourth-order valence-corrected chi connectivity index (χ4v) is 4.66. The summed E-state index contributed by atoms with van der Waals surface area (Å²) >= 11 is 0. The van der Waals surface area contributed by atoms with Crippen LogP contribution in [-0.4, -0.2) is 26.3 Å². The number of hydrogen-bond donors (Lipinski definition) is 1. The molecule has 2 aliphatic carbocycles. The van der Waals surface area contributed by atoms with Gasteiger partial charge < -0.3 is 10.1 Å². The lowest BCUT2D eigenvalue weighted by atomic mass is 9.68. The van der Waals surface area contributed by atoms with Crippen molar-refractivity contribution in [3.8, 4) is 0 Å². The Kier molecular flexibility index (Phi) is 4.06. The largest absolute Gasteiger partial charge is 0.385 e. The SMILES string of the molecule is COCCC(C)(C)CNC1C(C)(C)[C@H]2CC[C@]1(C)C2. The van der Waals surface area contributed by atoms with Crippen molar-refractivity contribution in [2.45, 2.75) is 66.3 Å². The molecule has 2 heteroatoms. The normalized spacial score (nSPS) is 36.9. The van der Waals surface area contributed by atoms with Crippen molar-refractivity contribution in [2.24, 2.45) is 22.2 Å². The molecule has 0 heterocycles. The van der Waals surface area contributed by atoms with Crippen LogP contribution < -0.4 is 5.32 Å². The molecule has 1 N–H and O–H groups in total. The molecule has 2 fully saturated rings. The number of rotatable bonds is 6. The fraction of sp³-hybridized carbons (Fsp3) is 1.00. The smallest absolute Gasteiger partial charge is 0.0467 e. The highest BCUT2D eigenvalue weighted by Gasteiger charge is 2.59. The van der Waals surface area contributed by atoms with Crippen molar-refractivity contribution >= 4 is 0 Å². The van der Waals surface area contributed by atoms with Crippen molar-refractivity contribution in [3.63, 3.8) is 0 Å². The third-order valence-corrected chi connectivity index (χ3v) is 6.04. The molecule has 2 bridgehead atoms. The van der Waals surface area contributed by atoms with Crippen molar-refractivity contribution < 1.29 is 4.74 Å². The Balaban J connectivity index is 1.95. The molecule has 0 aromatic rings. The van der Waals surface area contributed by atoms with Gasteiger partial charge in [0.25, 0.3) is 0 Å². The lowest BCUT2D eigenvalue weighted by Gasteiger charge is -2.44. The predicted molar refractivity (Wildman–Crippen MR) is 81.3 cm³/mol. The van der Waals surface area contributed by atoms with E-state index in [1.807, 2.05) is 0 Å². The molecule has 19 heavy (non-hydrogen) atoms. The highest BCUT2D eigenvalue weighted by atomic mass is 16.5. The average molecular weight is 267 g/mol. The van der Waals surface area contributed by atoms with Gasteiger partial charge >= 0.3 is 0 Å². The quantitative estimate of drug-likeness (QED) is 0.789. The molecule has 0 saturated heterocycles. The van der Waals surface area contributed by atoms with Gasteiger partial charge in [0.15, 0.2) is 0 Å².